The van der Waals surface area contributed by atoms with Gasteiger partial charge in [0.15, 0.2) is 0 Å². The Balaban J connectivity index is 1.60. The van der Waals surface area contributed by atoms with Crippen molar-refractivity contribution >= 4 is 45.0 Å². The molecule has 1 fully saturated rings. The Kier molecular flexibility index (Phi) is 7.54. The minimum absolute atomic E-state index is 0.0291. The van der Waals surface area contributed by atoms with Crippen LogP contribution in [0.15, 0.2) is 41.3 Å². The van der Waals surface area contributed by atoms with Gasteiger partial charge < -0.3 is 19.9 Å². The third kappa shape index (κ3) is 6.08. The fourth-order valence-electron chi connectivity index (χ4n) is 4.43. The van der Waals surface area contributed by atoms with Gasteiger partial charge in [0, 0.05) is 18.2 Å². The summed E-state index contributed by atoms with van der Waals surface area (Å²) >= 11 is 5.83. The molecule has 0 aliphatic carbocycles. The maximum absolute atomic E-state index is 13.7. The molecule has 10 nitrogen and oxygen atoms in total. The predicted octanol–water partition coefficient (Wildman–Crippen LogP) is 3.85. The summed E-state index contributed by atoms with van der Waals surface area (Å²) in [7, 11) is -4.27. The second kappa shape index (κ2) is 10.3. The number of rotatable bonds is 6. The summed E-state index contributed by atoms with van der Waals surface area (Å²) in [5.41, 5.74) is -0.203. The number of nitrogens with one attached hydrogen (secondary N) is 2. The lowest BCUT2D eigenvalue weighted by molar-refractivity contribution is -0.135. The van der Waals surface area contributed by atoms with E-state index >= 15 is 0 Å². The third-order valence-corrected chi connectivity index (χ3v) is 8.26. The maximum Gasteiger partial charge on any atom is 0.409 e. The second-order valence-corrected chi connectivity index (χ2v) is 11.8. The van der Waals surface area contributed by atoms with Gasteiger partial charge in [0.2, 0.25) is 5.91 Å². The predicted molar refractivity (Wildman–Crippen MR) is 134 cm³/mol. The first-order valence-corrected chi connectivity index (χ1v) is 13.4. The SMILES string of the molecule is CC1(C)CC(C(=O)NC[C@H]2CN(S(=O)(=O)c3ccc(F)c(Cl)c3)c3cc(NC(=O)O)ccc3O2)CCO1. The molecular weight excluding hydrogens is 529 g/mol. The lowest BCUT2D eigenvalue weighted by atomic mass is 9.88. The zero-order valence-electron chi connectivity index (χ0n) is 20.2. The van der Waals surface area contributed by atoms with E-state index in [2.05, 4.69) is 10.6 Å². The molecule has 2 heterocycles. The Morgan fingerprint density at radius 3 is 2.68 bits per heavy atom. The van der Waals surface area contributed by atoms with Crippen LogP contribution in [0.1, 0.15) is 26.7 Å². The number of nitrogens with zero attached hydrogens (tertiary/aromatic N) is 1. The number of halogens is 2. The van der Waals surface area contributed by atoms with E-state index in [0.717, 1.165) is 22.5 Å². The number of anilines is 2. The Hall–Kier alpha value is -3.09. The smallest absolute Gasteiger partial charge is 0.409 e. The van der Waals surface area contributed by atoms with Crippen molar-refractivity contribution in [3.05, 3.63) is 47.2 Å². The second-order valence-electron chi connectivity index (χ2n) is 9.51. The fourth-order valence-corrected chi connectivity index (χ4v) is 6.20. The van der Waals surface area contributed by atoms with Crippen molar-refractivity contribution in [1.82, 2.24) is 5.32 Å². The number of benzene rings is 2. The number of sulfonamides is 1. The molecule has 2 atom stereocenters. The average molecular weight is 556 g/mol. The number of ether oxygens (including phenoxy) is 2. The molecule has 3 N–H and O–H groups in total. The van der Waals surface area contributed by atoms with Crippen LogP contribution in [0.5, 0.6) is 5.75 Å². The Labute approximate surface area is 218 Å². The van der Waals surface area contributed by atoms with Crippen LogP contribution in [0.25, 0.3) is 0 Å². The molecule has 1 unspecified atom stereocenters. The topological polar surface area (TPSA) is 134 Å². The van der Waals surface area contributed by atoms with Crippen molar-refractivity contribution in [3.8, 4) is 5.75 Å². The first-order valence-electron chi connectivity index (χ1n) is 11.6. The minimum atomic E-state index is -4.27. The summed E-state index contributed by atoms with van der Waals surface area (Å²) in [4.78, 5) is 23.7. The number of amides is 2. The first kappa shape index (κ1) is 27.0. The van der Waals surface area contributed by atoms with Crippen LogP contribution in [0.4, 0.5) is 20.6 Å². The molecule has 2 aliphatic heterocycles. The summed E-state index contributed by atoms with van der Waals surface area (Å²) in [6, 6.07) is 7.24. The van der Waals surface area contributed by atoms with E-state index in [1.54, 1.807) is 0 Å². The van der Waals surface area contributed by atoms with Gasteiger partial charge in [-0.05, 0) is 63.1 Å². The van der Waals surface area contributed by atoms with Crippen LogP contribution in [0.2, 0.25) is 5.02 Å². The normalized spacial score (nSPS) is 20.9. The van der Waals surface area contributed by atoms with Gasteiger partial charge in [0.1, 0.15) is 17.7 Å². The summed E-state index contributed by atoms with van der Waals surface area (Å²) in [5, 5.41) is 13.7. The number of carboxylic acid groups (broad SMARTS) is 1. The molecule has 1 saturated heterocycles. The molecule has 2 amide bonds. The van der Waals surface area contributed by atoms with E-state index in [9.17, 15) is 22.4 Å². The monoisotopic (exact) mass is 555 g/mol. The Morgan fingerprint density at radius 1 is 1.24 bits per heavy atom. The van der Waals surface area contributed by atoms with Gasteiger partial charge in [-0.15, -0.1) is 0 Å². The summed E-state index contributed by atoms with van der Waals surface area (Å²) in [6.45, 7) is 4.15. The van der Waals surface area contributed by atoms with Crippen molar-refractivity contribution in [1.29, 1.82) is 0 Å². The number of carbonyl (C=O) groups excluding carboxylic acids is 1. The highest BCUT2D eigenvalue weighted by Gasteiger charge is 2.37. The number of hydrogen-bond acceptors (Lipinski definition) is 6. The van der Waals surface area contributed by atoms with Crippen molar-refractivity contribution in [2.24, 2.45) is 5.92 Å². The van der Waals surface area contributed by atoms with E-state index < -0.39 is 33.6 Å². The van der Waals surface area contributed by atoms with Crippen LogP contribution in [0, 0.1) is 11.7 Å². The van der Waals surface area contributed by atoms with Crippen molar-refractivity contribution < 1.29 is 37.0 Å². The van der Waals surface area contributed by atoms with Crippen LogP contribution < -0.4 is 19.7 Å². The molecule has 0 aromatic heterocycles. The quantitative estimate of drug-likeness (QED) is 0.493. The Bertz CT molecular complexity index is 1320. The summed E-state index contributed by atoms with van der Waals surface area (Å²) in [5.74, 6) is -1.02. The largest absolute Gasteiger partial charge is 0.484 e. The zero-order chi connectivity index (χ0) is 27.0. The van der Waals surface area contributed by atoms with Gasteiger partial charge in [-0.3, -0.25) is 14.4 Å². The van der Waals surface area contributed by atoms with Crippen molar-refractivity contribution in [3.63, 3.8) is 0 Å². The third-order valence-electron chi connectivity index (χ3n) is 6.19. The summed E-state index contributed by atoms with van der Waals surface area (Å²) < 4.78 is 53.6. The van der Waals surface area contributed by atoms with Crippen LogP contribution in [0.3, 0.4) is 0 Å². The maximum atomic E-state index is 13.7. The lowest BCUT2D eigenvalue weighted by Gasteiger charge is -2.37. The standard InChI is InChI=1S/C24H27ClFN3O7S/c1-24(2)11-14(7-8-35-24)22(30)27-12-16-13-29(37(33,34)17-4-5-19(26)18(25)10-17)20-9-15(28-23(31)32)3-6-21(20)36-16/h3-6,9-10,14,16,28H,7-8,11-13H2,1-2H3,(H,27,30)(H,31,32)/t14?,16-/m0/s1. The van der Waals surface area contributed by atoms with E-state index in [0.29, 0.717) is 19.4 Å². The van der Waals surface area contributed by atoms with Crippen molar-refractivity contribution in [2.45, 2.75) is 43.3 Å². The van der Waals surface area contributed by atoms with Crippen molar-refractivity contribution in [2.75, 3.05) is 29.3 Å². The van der Waals surface area contributed by atoms with Gasteiger partial charge in [-0.25, -0.2) is 17.6 Å². The van der Waals surface area contributed by atoms with Gasteiger partial charge in [0.05, 0.1) is 34.3 Å². The van der Waals surface area contributed by atoms with Gasteiger partial charge >= 0.3 is 6.09 Å². The average Bonchev–Trinajstić information content (AvgIpc) is 2.82. The van der Waals surface area contributed by atoms with E-state index in [1.165, 1.54) is 18.2 Å². The van der Waals surface area contributed by atoms with Crippen LogP contribution in [-0.4, -0.2) is 56.9 Å². The zero-order valence-corrected chi connectivity index (χ0v) is 21.7. The first-order chi connectivity index (χ1) is 17.4. The Morgan fingerprint density at radius 2 is 2.00 bits per heavy atom. The highest BCUT2D eigenvalue weighted by Crippen LogP contribution is 2.39. The molecule has 4 rings (SSSR count). The molecule has 0 spiro atoms. The number of carbonyl (C=O) groups is 2. The molecule has 0 saturated carbocycles. The highest BCUT2D eigenvalue weighted by atomic mass is 35.5. The lowest BCUT2D eigenvalue weighted by Crippen LogP contribution is -2.50. The van der Waals surface area contributed by atoms with Crippen LogP contribution >= 0.6 is 11.6 Å². The molecule has 2 aliphatic rings. The fraction of sp³-hybridized carbons (Fsp3) is 0.417. The number of fused-ring (bicyclic) bond motifs is 1. The molecule has 13 heteroatoms. The van der Waals surface area contributed by atoms with E-state index in [1.807, 2.05) is 13.8 Å². The summed E-state index contributed by atoms with van der Waals surface area (Å²) in [6.07, 6.45) is -0.950. The molecule has 0 bridgehead atoms. The van der Waals surface area contributed by atoms with E-state index in [4.69, 9.17) is 26.2 Å². The molecule has 0 radical (unpaired) electrons. The molecule has 2 aromatic rings. The molecule has 200 valence electrons. The van der Waals surface area contributed by atoms with Gasteiger partial charge in [-0.1, -0.05) is 11.6 Å². The van der Waals surface area contributed by atoms with Gasteiger partial charge in [-0.2, -0.15) is 0 Å². The van der Waals surface area contributed by atoms with E-state index in [-0.39, 0.29) is 52.0 Å². The molecular formula is C24H27ClFN3O7S. The molecule has 37 heavy (non-hydrogen) atoms. The number of hydrogen-bond donors (Lipinski definition) is 3. The molecule has 2 aromatic carbocycles. The van der Waals surface area contributed by atoms with Crippen LogP contribution in [-0.2, 0) is 19.6 Å². The highest BCUT2D eigenvalue weighted by molar-refractivity contribution is 7.92. The van der Waals surface area contributed by atoms with Gasteiger partial charge in [0.25, 0.3) is 10.0 Å². The minimum Gasteiger partial charge on any atom is -0.484 e.